The van der Waals surface area contributed by atoms with Gasteiger partial charge in [-0.15, -0.1) is 0 Å². The Morgan fingerprint density at radius 1 is 1.00 bits per heavy atom. The number of nitrogens with zero attached hydrogens (tertiary/aromatic N) is 1. The van der Waals surface area contributed by atoms with Gasteiger partial charge in [-0.1, -0.05) is 23.8 Å². The van der Waals surface area contributed by atoms with Crippen LogP contribution in [0.1, 0.15) is 16.7 Å². The van der Waals surface area contributed by atoms with E-state index < -0.39 is 0 Å². The van der Waals surface area contributed by atoms with Crippen LogP contribution >= 0.6 is 0 Å². The Hall–Kier alpha value is -3.32. The van der Waals surface area contributed by atoms with Crippen molar-refractivity contribution in [2.24, 2.45) is 0 Å². The Morgan fingerprint density at radius 2 is 1.72 bits per heavy atom. The number of nitriles is 1. The Morgan fingerprint density at radius 3 is 2.36 bits per heavy atom. The number of hydrogen-bond donors (Lipinski definition) is 1. The average molecular weight is 330 g/mol. The number of pyridine rings is 1. The van der Waals surface area contributed by atoms with Crippen molar-refractivity contribution in [3.8, 4) is 34.2 Å². The SMILES string of the molecule is COc1ccc(-c2cc(-c3cc(C)ccc3C)c(C#N)c(=O)[nH]2)cc1. The number of aryl methyl sites for hydroxylation is 2. The number of benzene rings is 2. The summed E-state index contributed by atoms with van der Waals surface area (Å²) in [6.07, 6.45) is 0. The molecule has 1 aromatic heterocycles. The smallest absolute Gasteiger partial charge is 0.266 e. The Kier molecular flexibility index (Phi) is 4.40. The van der Waals surface area contributed by atoms with Gasteiger partial charge in [0, 0.05) is 11.3 Å². The molecule has 3 aromatic rings. The molecular formula is C21H18N2O2. The first-order valence-corrected chi connectivity index (χ1v) is 7.93. The first-order valence-electron chi connectivity index (χ1n) is 7.93. The minimum atomic E-state index is -0.383. The van der Waals surface area contributed by atoms with Gasteiger partial charge in [0.05, 0.1) is 7.11 Å². The first kappa shape index (κ1) is 16.5. The molecule has 3 rings (SSSR count). The summed E-state index contributed by atoms with van der Waals surface area (Å²) in [6, 6.07) is 17.4. The van der Waals surface area contributed by atoms with E-state index >= 15 is 0 Å². The van der Waals surface area contributed by atoms with Crippen molar-refractivity contribution in [2.45, 2.75) is 13.8 Å². The molecular weight excluding hydrogens is 312 g/mol. The standard InChI is InChI=1S/C21H18N2O2/c1-13-4-5-14(2)17(10-13)18-11-20(23-21(24)19(18)12-22)15-6-8-16(25-3)9-7-15/h4-11H,1-3H3,(H,23,24). The summed E-state index contributed by atoms with van der Waals surface area (Å²) in [7, 11) is 1.61. The van der Waals surface area contributed by atoms with E-state index in [9.17, 15) is 10.1 Å². The molecule has 4 heteroatoms. The maximum absolute atomic E-state index is 12.5. The molecule has 0 saturated carbocycles. The van der Waals surface area contributed by atoms with Crippen LogP contribution in [-0.2, 0) is 0 Å². The predicted molar refractivity (Wildman–Crippen MR) is 98.7 cm³/mol. The third-order valence-corrected chi connectivity index (χ3v) is 4.23. The molecule has 0 unspecified atom stereocenters. The monoisotopic (exact) mass is 330 g/mol. The number of rotatable bonds is 3. The lowest BCUT2D eigenvalue weighted by atomic mass is 9.94. The third-order valence-electron chi connectivity index (χ3n) is 4.23. The maximum atomic E-state index is 12.5. The quantitative estimate of drug-likeness (QED) is 0.782. The van der Waals surface area contributed by atoms with Crippen LogP contribution in [0.3, 0.4) is 0 Å². The zero-order valence-corrected chi connectivity index (χ0v) is 14.4. The number of ether oxygens (including phenoxy) is 1. The number of nitrogens with one attached hydrogen (secondary N) is 1. The molecule has 0 bridgehead atoms. The van der Waals surface area contributed by atoms with Crippen molar-refractivity contribution < 1.29 is 4.74 Å². The average Bonchev–Trinajstić information content (AvgIpc) is 2.63. The van der Waals surface area contributed by atoms with E-state index in [4.69, 9.17) is 4.74 Å². The summed E-state index contributed by atoms with van der Waals surface area (Å²) < 4.78 is 5.17. The van der Waals surface area contributed by atoms with Gasteiger partial charge >= 0.3 is 0 Å². The fourth-order valence-corrected chi connectivity index (χ4v) is 2.84. The Bertz CT molecular complexity index is 1030. The van der Waals surface area contributed by atoms with E-state index in [1.165, 1.54) is 0 Å². The van der Waals surface area contributed by atoms with E-state index in [1.807, 2.05) is 68.4 Å². The number of methoxy groups -OCH3 is 1. The molecule has 4 nitrogen and oxygen atoms in total. The highest BCUT2D eigenvalue weighted by atomic mass is 16.5. The number of hydrogen-bond acceptors (Lipinski definition) is 3. The largest absolute Gasteiger partial charge is 0.497 e. The van der Waals surface area contributed by atoms with E-state index in [2.05, 4.69) is 4.98 Å². The molecule has 0 radical (unpaired) electrons. The highest BCUT2D eigenvalue weighted by Crippen LogP contribution is 2.29. The molecule has 1 N–H and O–H groups in total. The second-order valence-electron chi connectivity index (χ2n) is 5.96. The fraction of sp³-hybridized carbons (Fsp3) is 0.143. The van der Waals surface area contributed by atoms with Crippen LogP contribution in [0.25, 0.3) is 22.4 Å². The molecule has 0 aliphatic rings. The molecule has 0 aliphatic carbocycles. The Labute approximate surface area is 146 Å². The second kappa shape index (κ2) is 6.66. The topological polar surface area (TPSA) is 65.9 Å². The lowest BCUT2D eigenvalue weighted by Crippen LogP contribution is -2.13. The molecule has 0 saturated heterocycles. The summed E-state index contributed by atoms with van der Waals surface area (Å²) in [5, 5.41) is 9.46. The van der Waals surface area contributed by atoms with Crippen molar-refractivity contribution in [1.29, 1.82) is 5.26 Å². The third kappa shape index (κ3) is 3.17. The van der Waals surface area contributed by atoms with Gasteiger partial charge in [0.1, 0.15) is 17.4 Å². The minimum absolute atomic E-state index is 0.131. The summed E-state index contributed by atoms with van der Waals surface area (Å²) in [4.78, 5) is 15.3. The zero-order valence-electron chi connectivity index (χ0n) is 14.4. The molecule has 0 amide bonds. The number of aromatic nitrogens is 1. The van der Waals surface area contributed by atoms with Crippen LogP contribution in [0.5, 0.6) is 5.75 Å². The van der Waals surface area contributed by atoms with E-state index in [-0.39, 0.29) is 11.1 Å². The summed E-state index contributed by atoms with van der Waals surface area (Å²) in [6.45, 7) is 3.97. The molecule has 0 atom stereocenters. The molecule has 0 fully saturated rings. The lowest BCUT2D eigenvalue weighted by molar-refractivity contribution is 0.415. The van der Waals surface area contributed by atoms with Crippen molar-refractivity contribution in [2.75, 3.05) is 7.11 Å². The molecule has 0 aliphatic heterocycles. The van der Waals surface area contributed by atoms with Crippen LogP contribution in [0.4, 0.5) is 0 Å². The van der Waals surface area contributed by atoms with Crippen molar-refractivity contribution >= 4 is 0 Å². The molecule has 0 spiro atoms. The highest BCUT2D eigenvalue weighted by Gasteiger charge is 2.14. The van der Waals surface area contributed by atoms with Gasteiger partial charge in [-0.3, -0.25) is 4.79 Å². The van der Waals surface area contributed by atoms with Gasteiger partial charge in [0.15, 0.2) is 0 Å². The normalized spacial score (nSPS) is 10.3. The first-order chi connectivity index (χ1) is 12.0. The van der Waals surface area contributed by atoms with Crippen molar-refractivity contribution in [3.63, 3.8) is 0 Å². The van der Waals surface area contributed by atoms with E-state index in [0.29, 0.717) is 11.3 Å². The van der Waals surface area contributed by atoms with Gasteiger partial charge in [-0.05, 0) is 60.9 Å². The number of aromatic amines is 1. The Balaban J connectivity index is 2.24. The van der Waals surface area contributed by atoms with Gasteiger partial charge in [-0.2, -0.15) is 5.26 Å². The highest BCUT2D eigenvalue weighted by molar-refractivity contribution is 5.77. The lowest BCUT2D eigenvalue weighted by Gasteiger charge is -2.11. The summed E-state index contributed by atoms with van der Waals surface area (Å²) in [5.74, 6) is 0.745. The number of H-pyrrole nitrogens is 1. The second-order valence-corrected chi connectivity index (χ2v) is 5.96. The van der Waals surface area contributed by atoms with Crippen LogP contribution in [0, 0.1) is 25.2 Å². The predicted octanol–water partition coefficient (Wildman–Crippen LogP) is 4.21. The van der Waals surface area contributed by atoms with E-state index in [1.54, 1.807) is 7.11 Å². The summed E-state index contributed by atoms with van der Waals surface area (Å²) in [5.41, 5.74) is 4.93. The van der Waals surface area contributed by atoms with Crippen molar-refractivity contribution in [1.82, 2.24) is 4.98 Å². The zero-order chi connectivity index (χ0) is 18.0. The van der Waals surface area contributed by atoms with Crippen LogP contribution in [0.2, 0.25) is 0 Å². The molecule has 2 aromatic carbocycles. The van der Waals surface area contributed by atoms with Crippen LogP contribution < -0.4 is 10.3 Å². The van der Waals surface area contributed by atoms with Crippen LogP contribution in [-0.4, -0.2) is 12.1 Å². The van der Waals surface area contributed by atoms with Gasteiger partial charge in [0.2, 0.25) is 0 Å². The maximum Gasteiger partial charge on any atom is 0.266 e. The van der Waals surface area contributed by atoms with Crippen LogP contribution in [0.15, 0.2) is 53.3 Å². The summed E-state index contributed by atoms with van der Waals surface area (Å²) >= 11 is 0. The van der Waals surface area contributed by atoms with Crippen molar-refractivity contribution in [3.05, 3.63) is 75.6 Å². The minimum Gasteiger partial charge on any atom is -0.497 e. The van der Waals surface area contributed by atoms with E-state index in [0.717, 1.165) is 28.0 Å². The molecule has 1 heterocycles. The molecule has 25 heavy (non-hydrogen) atoms. The fourth-order valence-electron chi connectivity index (χ4n) is 2.84. The van der Waals surface area contributed by atoms with Gasteiger partial charge in [0.25, 0.3) is 5.56 Å². The molecule has 124 valence electrons. The van der Waals surface area contributed by atoms with Gasteiger partial charge in [-0.25, -0.2) is 0 Å². The van der Waals surface area contributed by atoms with Gasteiger partial charge < -0.3 is 9.72 Å².